The first-order valence-corrected chi connectivity index (χ1v) is 4.38. The van der Waals surface area contributed by atoms with Gasteiger partial charge in [-0.15, -0.1) is 0 Å². The molecule has 14 heavy (non-hydrogen) atoms. The van der Waals surface area contributed by atoms with Crippen molar-refractivity contribution in [1.29, 1.82) is 0 Å². The van der Waals surface area contributed by atoms with Gasteiger partial charge in [0, 0.05) is 11.9 Å². The quantitative estimate of drug-likeness (QED) is 0.772. The van der Waals surface area contributed by atoms with Crippen LogP contribution in [0, 0.1) is 6.92 Å². The molecule has 2 rings (SSSR count). The van der Waals surface area contributed by atoms with Crippen molar-refractivity contribution in [2.24, 2.45) is 0 Å². The standard InChI is InChI=1S/C10H11N3O/c1-8-6-10(12-13(8)7-14)9-4-2-3-5-11-9/h2-6,14H,7H2,1H3. The largest absolute Gasteiger partial charge is 0.374 e. The number of nitrogens with zero attached hydrogens (tertiary/aromatic N) is 3. The fourth-order valence-corrected chi connectivity index (χ4v) is 1.29. The zero-order valence-corrected chi connectivity index (χ0v) is 7.88. The summed E-state index contributed by atoms with van der Waals surface area (Å²) in [7, 11) is 0. The highest BCUT2D eigenvalue weighted by molar-refractivity contribution is 5.53. The molecule has 0 unspecified atom stereocenters. The van der Waals surface area contributed by atoms with E-state index in [2.05, 4.69) is 10.1 Å². The summed E-state index contributed by atoms with van der Waals surface area (Å²) in [6.07, 6.45) is 1.72. The summed E-state index contributed by atoms with van der Waals surface area (Å²) in [6.45, 7) is 1.80. The van der Waals surface area contributed by atoms with Gasteiger partial charge in [0.25, 0.3) is 0 Å². The van der Waals surface area contributed by atoms with E-state index in [1.807, 2.05) is 31.2 Å². The maximum absolute atomic E-state index is 8.96. The molecule has 2 aromatic heterocycles. The molecular formula is C10H11N3O. The lowest BCUT2D eigenvalue weighted by Gasteiger charge is -1.95. The Morgan fingerprint density at radius 1 is 1.36 bits per heavy atom. The van der Waals surface area contributed by atoms with Crippen LogP contribution in [0.3, 0.4) is 0 Å². The Hall–Kier alpha value is -1.68. The molecule has 0 radical (unpaired) electrons. The molecule has 4 heteroatoms. The number of rotatable bonds is 2. The molecule has 0 aliphatic rings. The van der Waals surface area contributed by atoms with Gasteiger partial charge in [-0.25, -0.2) is 4.68 Å². The molecule has 0 fully saturated rings. The van der Waals surface area contributed by atoms with Crippen molar-refractivity contribution in [3.63, 3.8) is 0 Å². The summed E-state index contributed by atoms with van der Waals surface area (Å²) in [5.41, 5.74) is 2.54. The zero-order chi connectivity index (χ0) is 9.97. The summed E-state index contributed by atoms with van der Waals surface area (Å²) < 4.78 is 1.53. The molecule has 0 saturated heterocycles. The van der Waals surface area contributed by atoms with E-state index in [1.54, 1.807) is 6.20 Å². The van der Waals surface area contributed by atoms with E-state index >= 15 is 0 Å². The third-order valence-corrected chi connectivity index (χ3v) is 2.04. The van der Waals surface area contributed by atoms with Gasteiger partial charge in [-0.1, -0.05) is 6.07 Å². The Balaban J connectivity index is 2.43. The zero-order valence-electron chi connectivity index (χ0n) is 7.88. The van der Waals surface area contributed by atoms with Gasteiger partial charge in [-0.05, 0) is 25.1 Å². The highest BCUT2D eigenvalue weighted by Gasteiger charge is 2.05. The first-order valence-electron chi connectivity index (χ1n) is 4.38. The highest BCUT2D eigenvalue weighted by Crippen LogP contribution is 2.15. The van der Waals surface area contributed by atoms with Crippen LogP contribution in [0.25, 0.3) is 11.4 Å². The van der Waals surface area contributed by atoms with Gasteiger partial charge in [0.15, 0.2) is 0 Å². The predicted molar refractivity (Wildman–Crippen MR) is 52.4 cm³/mol. The number of hydrogen-bond acceptors (Lipinski definition) is 3. The van der Waals surface area contributed by atoms with Crippen LogP contribution in [0.5, 0.6) is 0 Å². The monoisotopic (exact) mass is 189 g/mol. The van der Waals surface area contributed by atoms with Gasteiger partial charge >= 0.3 is 0 Å². The van der Waals surface area contributed by atoms with Crippen molar-refractivity contribution in [3.8, 4) is 11.4 Å². The van der Waals surface area contributed by atoms with Crippen LogP contribution in [-0.2, 0) is 6.73 Å². The molecule has 0 bridgehead atoms. The van der Waals surface area contributed by atoms with Gasteiger partial charge in [-0.2, -0.15) is 5.10 Å². The third-order valence-electron chi connectivity index (χ3n) is 2.04. The Morgan fingerprint density at radius 2 is 2.21 bits per heavy atom. The van der Waals surface area contributed by atoms with Crippen LogP contribution in [0.4, 0.5) is 0 Å². The topological polar surface area (TPSA) is 50.9 Å². The summed E-state index contributed by atoms with van der Waals surface area (Å²) in [4.78, 5) is 4.18. The number of pyridine rings is 1. The molecule has 1 N–H and O–H groups in total. The van der Waals surface area contributed by atoms with E-state index < -0.39 is 0 Å². The lowest BCUT2D eigenvalue weighted by Crippen LogP contribution is -2.00. The van der Waals surface area contributed by atoms with Crippen molar-refractivity contribution in [1.82, 2.24) is 14.8 Å². The fourth-order valence-electron chi connectivity index (χ4n) is 1.29. The number of hydrogen-bond donors (Lipinski definition) is 1. The van der Waals surface area contributed by atoms with Crippen molar-refractivity contribution >= 4 is 0 Å². The smallest absolute Gasteiger partial charge is 0.136 e. The molecule has 0 aromatic carbocycles. The van der Waals surface area contributed by atoms with E-state index in [0.29, 0.717) is 0 Å². The molecule has 0 aliphatic carbocycles. The van der Waals surface area contributed by atoms with Crippen molar-refractivity contribution in [2.75, 3.05) is 0 Å². The maximum atomic E-state index is 8.96. The second kappa shape index (κ2) is 3.59. The van der Waals surface area contributed by atoms with E-state index in [4.69, 9.17) is 5.11 Å². The van der Waals surface area contributed by atoms with Crippen LogP contribution in [0.1, 0.15) is 5.69 Å². The van der Waals surface area contributed by atoms with Crippen LogP contribution in [0.2, 0.25) is 0 Å². The first-order chi connectivity index (χ1) is 6.81. The lowest BCUT2D eigenvalue weighted by atomic mass is 10.2. The van der Waals surface area contributed by atoms with Crippen LogP contribution in [-0.4, -0.2) is 19.9 Å². The normalized spacial score (nSPS) is 10.4. The number of aliphatic hydroxyl groups excluding tert-OH is 1. The average Bonchev–Trinajstić information content (AvgIpc) is 2.61. The third kappa shape index (κ3) is 1.52. The van der Waals surface area contributed by atoms with Gasteiger partial charge < -0.3 is 5.11 Å². The second-order valence-electron chi connectivity index (χ2n) is 3.03. The predicted octanol–water partition coefficient (Wildman–Crippen LogP) is 1.20. The van der Waals surface area contributed by atoms with E-state index in [0.717, 1.165) is 17.1 Å². The van der Waals surface area contributed by atoms with Gasteiger partial charge in [0.05, 0.1) is 5.69 Å². The van der Waals surface area contributed by atoms with Crippen molar-refractivity contribution in [3.05, 3.63) is 36.2 Å². The van der Waals surface area contributed by atoms with Gasteiger partial charge in [-0.3, -0.25) is 4.98 Å². The number of aryl methyl sites for hydroxylation is 1. The minimum absolute atomic E-state index is 0.0985. The Kier molecular flexibility index (Phi) is 2.28. The maximum Gasteiger partial charge on any atom is 0.136 e. The van der Waals surface area contributed by atoms with Crippen LogP contribution >= 0.6 is 0 Å². The second-order valence-corrected chi connectivity index (χ2v) is 3.03. The molecule has 2 heterocycles. The van der Waals surface area contributed by atoms with E-state index in [1.165, 1.54) is 4.68 Å². The van der Waals surface area contributed by atoms with Gasteiger partial charge in [0.1, 0.15) is 12.4 Å². The van der Waals surface area contributed by atoms with Gasteiger partial charge in [0.2, 0.25) is 0 Å². The van der Waals surface area contributed by atoms with Crippen LogP contribution < -0.4 is 0 Å². The van der Waals surface area contributed by atoms with Crippen LogP contribution in [0.15, 0.2) is 30.5 Å². The number of aliphatic hydroxyl groups is 1. The van der Waals surface area contributed by atoms with Crippen molar-refractivity contribution in [2.45, 2.75) is 13.7 Å². The fraction of sp³-hybridized carbons (Fsp3) is 0.200. The lowest BCUT2D eigenvalue weighted by molar-refractivity contribution is 0.193. The van der Waals surface area contributed by atoms with E-state index in [9.17, 15) is 0 Å². The molecule has 0 aliphatic heterocycles. The number of aromatic nitrogens is 3. The molecule has 2 aromatic rings. The minimum atomic E-state index is -0.0985. The summed E-state index contributed by atoms with van der Waals surface area (Å²) in [5.74, 6) is 0. The highest BCUT2D eigenvalue weighted by atomic mass is 16.3. The average molecular weight is 189 g/mol. The summed E-state index contributed by atoms with van der Waals surface area (Å²) in [6, 6.07) is 7.57. The molecule has 0 spiro atoms. The molecule has 0 saturated carbocycles. The molecular weight excluding hydrogens is 178 g/mol. The summed E-state index contributed by atoms with van der Waals surface area (Å²) in [5, 5.41) is 13.2. The Labute approximate surface area is 81.8 Å². The summed E-state index contributed by atoms with van der Waals surface area (Å²) >= 11 is 0. The molecule has 4 nitrogen and oxygen atoms in total. The minimum Gasteiger partial charge on any atom is -0.374 e. The SMILES string of the molecule is Cc1cc(-c2ccccn2)nn1CO. The Bertz CT molecular complexity index is 422. The molecule has 72 valence electrons. The molecule has 0 amide bonds. The Morgan fingerprint density at radius 3 is 2.79 bits per heavy atom. The van der Waals surface area contributed by atoms with Crippen molar-refractivity contribution < 1.29 is 5.11 Å². The van der Waals surface area contributed by atoms with E-state index in [-0.39, 0.29) is 6.73 Å². The first kappa shape index (κ1) is 8.90. The molecule has 0 atom stereocenters.